The van der Waals surface area contributed by atoms with E-state index in [2.05, 4.69) is 73.1 Å². The van der Waals surface area contributed by atoms with Crippen molar-refractivity contribution in [1.29, 1.82) is 0 Å². The average molecular weight is 297 g/mol. The van der Waals surface area contributed by atoms with Crippen LogP contribution in [0.2, 0.25) is 57.4 Å². The van der Waals surface area contributed by atoms with Gasteiger partial charge in [-0.1, -0.05) is 85.8 Å². The largest absolute Gasteiger partial charge is 1.00 e. The molecule has 0 aromatic heterocycles. The molecule has 0 aromatic carbocycles. The standard InChI is InChI=1S/C12H33Si4.Li/c1-12(2,3)16(10,11)13(14(4,5)6)15(7,8)9;/h1-11H3;/q-1;+1. The maximum Gasteiger partial charge on any atom is 1.00 e. The molecule has 0 saturated carbocycles. The first-order valence-corrected chi connectivity index (χ1v) is 21.0. The molecule has 0 spiro atoms. The van der Waals surface area contributed by atoms with Crippen molar-refractivity contribution in [3.8, 4) is 0 Å². The molecule has 98 valence electrons. The van der Waals surface area contributed by atoms with E-state index in [1.165, 1.54) is 0 Å². The maximum absolute atomic E-state index is 2.69. The Labute approximate surface area is 127 Å². The van der Waals surface area contributed by atoms with E-state index < -0.39 is 22.8 Å². The number of hydrogen-bond acceptors (Lipinski definition) is 0. The van der Waals surface area contributed by atoms with Crippen molar-refractivity contribution in [3.05, 3.63) is 0 Å². The van der Waals surface area contributed by atoms with Gasteiger partial charge in [0.1, 0.15) is 0 Å². The fourth-order valence-corrected chi connectivity index (χ4v) is 91.1. The summed E-state index contributed by atoms with van der Waals surface area (Å²) in [7, 11) is -3.06. The van der Waals surface area contributed by atoms with E-state index in [1.807, 2.05) is 0 Å². The van der Waals surface area contributed by atoms with Crippen LogP contribution in [0.5, 0.6) is 0 Å². The Morgan fingerprint density at radius 1 is 0.647 bits per heavy atom. The number of rotatable bonds is 3. The van der Waals surface area contributed by atoms with E-state index in [-0.39, 0.29) is 26.2 Å². The Kier molecular flexibility index (Phi) is 7.14. The van der Waals surface area contributed by atoms with E-state index >= 15 is 0 Å². The molecule has 0 atom stereocenters. The zero-order valence-corrected chi connectivity index (χ0v) is 18.5. The van der Waals surface area contributed by atoms with Crippen LogP contribution in [0.4, 0.5) is 0 Å². The van der Waals surface area contributed by atoms with E-state index in [0.717, 1.165) is 0 Å². The van der Waals surface area contributed by atoms with Gasteiger partial charge in [-0.2, -0.15) is 0 Å². The van der Waals surface area contributed by atoms with Gasteiger partial charge in [0.05, 0.1) is 0 Å². The predicted molar refractivity (Wildman–Crippen MR) is 89.6 cm³/mol. The van der Waals surface area contributed by atoms with Crippen LogP contribution in [0.1, 0.15) is 20.8 Å². The first-order chi connectivity index (χ1) is 6.62. The molecule has 0 N–H and O–H groups in total. The van der Waals surface area contributed by atoms with Crippen LogP contribution in [-0.2, 0) is 0 Å². The van der Waals surface area contributed by atoms with E-state index in [0.29, 0.717) is 5.04 Å². The summed E-state index contributed by atoms with van der Waals surface area (Å²) in [5.74, 6) is 0. The Bertz CT molecular complexity index is 229. The predicted octanol–water partition coefficient (Wildman–Crippen LogP) is 1.91. The van der Waals surface area contributed by atoms with Gasteiger partial charge in [-0.3, -0.25) is 7.35 Å². The van der Waals surface area contributed by atoms with Crippen LogP contribution in [0.25, 0.3) is 0 Å². The van der Waals surface area contributed by atoms with Crippen molar-refractivity contribution < 1.29 is 18.9 Å². The summed E-state index contributed by atoms with van der Waals surface area (Å²) in [5, 5.41) is 0.585. The summed E-state index contributed by atoms with van der Waals surface area (Å²) in [4.78, 5) is 0. The Morgan fingerprint density at radius 3 is 0.941 bits per heavy atom. The third-order valence-electron chi connectivity index (χ3n) is 4.00. The minimum Gasteiger partial charge on any atom is -0.251 e. The van der Waals surface area contributed by atoms with Gasteiger partial charge in [0, 0.05) is 0 Å². The number of hydrogen-bond donors (Lipinski definition) is 0. The summed E-state index contributed by atoms with van der Waals surface area (Å²) in [6, 6.07) is 0. The maximum atomic E-state index is 2.69. The van der Waals surface area contributed by atoms with Crippen molar-refractivity contribution in [2.24, 2.45) is 0 Å². The first kappa shape index (κ1) is 20.8. The van der Waals surface area contributed by atoms with Crippen LogP contribution < -0.4 is 18.9 Å². The van der Waals surface area contributed by atoms with E-state index in [1.54, 1.807) is 0 Å². The van der Waals surface area contributed by atoms with E-state index in [9.17, 15) is 0 Å². The molecule has 0 amide bonds. The first-order valence-electron chi connectivity index (χ1n) is 6.50. The fourth-order valence-electron chi connectivity index (χ4n) is 3.38. The van der Waals surface area contributed by atoms with Crippen molar-refractivity contribution >= 4 is 30.1 Å². The Balaban J connectivity index is 0. The van der Waals surface area contributed by atoms with Crippen LogP contribution in [0.15, 0.2) is 0 Å². The van der Waals surface area contributed by atoms with Gasteiger partial charge < -0.3 is 0 Å². The Morgan fingerprint density at radius 2 is 0.882 bits per heavy atom. The average Bonchev–Trinajstić information content (AvgIpc) is 1.72. The van der Waals surface area contributed by atoms with Crippen molar-refractivity contribution in [2.75, 3.05) is 0 Å². The topological polar surface area (TPSA) is 0 Å². The SMILES string of the molecule is CC(C)(C)[Si](C)(C)[Si-]([Si](C)(C)C)[Si](C)(C)C.[Li+]. The van der Waals surface area contributed by atoms with Crippen molar-refractivity contribution in [2.45, 2.75) is 78.2 Å². The molecule has 0 rings (SSSR count). The van der Waals surface area contributed by atoms with Gasteiger partial charge in [-0.05, 0) is 0 Å². The zero-order chi connectivity index (χ0) is 13.6. The summed E-state index contributed by atoms with van der Waals surface area (Å²) in [6.07, 6.45) is 0. The molecule has 0 radical (unpaired) electrons. The molecule has 5 heteroatoms. The fraction of sp³-hybridized carbons (Fsp3) is 1.00. The molecular formula is C12H33LiSi4. The quantitative estimate of drug-likeness (QED) is 0.698. The van der Waals surface area contributed by atoms with Crippen LogP contribution in [-0.4, -0.2) is 30.1 Å². The molecule has 17 heavy (non-hydrogen) atoms. The molecule has 0 nitrogen and oxygen atoms in total. The monoisotopic (exact) mass is 296 g/mol. The van der Waals surface area contributed by atoms with Crippen LogP contribution in [0, 0.1) is 0 Å². The summed E-state index contributed by atoms with van der Waals surface area (Å²) < 4.78 is 0. The molecule has 0 aliphatic rings. The molecule has 0 aliphatic heterocycles. The summed E-state index contributed by atoms with van der Waals surface area (Å²) in [5.41, 5.74) is 0. The minimum atomic E-state index is -1.08. The molecule has 0 aliphatic carbocycles. The molecular weight excluding hydrogens is 263 g/mol. The van der Waals surface area contributed by atoms with Crippen molar-refractivity contribution in [1.82, 2.24) is 0 Å². The second-order valence-corrected chi connectivity index (χ2v) is 45.0. The van der Waals surface area contributed by atoms with Crippen LogP contribution >= 0.6 is 0 Å². The second-order valence-electron chi connectivity index (χ2n) is 8.75. The summed E-state index contributed by atoms with van der Waals surface area (Å²) in [6.45, 7) is 28.7. The molecule has 0 aromatic rings. The van der Waals surface area contributed by atoms with Gasteiger partial charge in [0.15, 0.2) is 0 Å². The normalized spacial score (nSPS) is 14.8. The van der Waals surface area contributed by atoms with E-state index in [4.69, 9.17) is 0 Å². The molecule has 0 unspecified atom stereocenters. The molecule has 0 bridgehead atoms. The smallest absolute Gasteiger partial charge is 0.251 e. The van der Waals surface area contributed by atoms with Gasteiger partial charge in [0.2, 0.25) is 0 Å². The summed E-state index contributed by atoms with van der Waals surface area (Å²) >= 11 is 0. The molecule has 0 saturated heterocycles. The third-order valence-corrected chi connectivity index (χ3v) is 65.2. The Hall–Kier alpha value is 1.46. The molecule has 0 heterocycles. The third kappa shape index (κ3) is 5.16. The van der Waals surface area contributed by atoms with Gasteiger partial charge in [-0.25, -0.2) is 0 Å². The zero-order valence-electron chi connectivity index (χ0n) is 14.5. The minimum absolute atomic E-state index is 0. The van der Waals surface area contributed by atoms with Crippen molar-refractivity contribution in [3.63, 3.8) is 0 Å². The molecule has 0 fully saturated rings. The van der Waals surface area contributed by atoms with Gasteiger partial charge in [-0.15, -0.1) is 15.2 Å². The van der Waals surface area contributed by atoms with Gasteiger partial charge in [0.25, 0.3) is 0 Å². The van der Waals surface area contributed by atoms with Crippen LogP contribution in [0.3, 0.4) is 0 Å². The van der Waals surface area contributed by atoms with Gasteiger partial charge >= 0.3 is 18.9 Å². The second kappa shape index (κ2) is 5.84.